The van der Waals surface area contributed by atoms with Crippen LogP contribution in [0, 0.1) is 0 Å². The van der Waals surface area contributed by atoms with E-state index in [1.165, 1.54) is 30.4 Å². The summed E-state index contributed by atoms with van der Waals surface area (Å²) in [5, 5.41) is 0.765. The second-order valence-electron chi connectivity index (χ2n) is 7.39. The Bertz CT molecular complexity index is 729. The minimum absolute atomic E-state index is 0.0240. The lowest BCUT2D eigenvalue weighted by Gasteiger charge is -2.39. The quantitative estimate of drug-likeness (QED) is 0.469. The van der Waals surface area contributed by atoms with Crippen molar-refractivity contribution < 1.29 is 14.3 Å². The molecule has 0 radical (unpaired) electrons. The van der Waals surface area contributed by atoms with Gasteiger partial charge < -0.3 is 9.47 Å². The summed E-state index contributed by atoms with van der Waals surface area (Å²) in [6, 6.07) is 16.4. The molecule has 0 atom stereocenters. The average molecular weight is 373 g/mol. The molecule has 26 heavy (non-hydrogen) atoms. The third kappa shape index (κ3) is 4.04. The van der Waals surface area contributed by atoms with Crippen LogP contribution < -0.4 is 4.74 Å². The number of carbonyl (C=O) groups excluding carboxylic acids is 1. The summed E-state index contributed by atoms with van der Waals surface area (Å²) in [5.41, 5.74) is 2.64. The topological polar surface area (TPSA) is 35.5 Å². The average Bonchev–Trinajstić information content (AvgIpc) is 2.63. The third-order valence-corrected chi connectivity index (χ3v) is 5.46. The SMILES string of the molecule is CC(C)(OC=O)Oc1ccc(C2(c3ccc(Cl)cc3)CCCCC2)cc1. The number of carbonyl (C=O) groups is 1. The fourth-order valence-electron chi connectivity index (χ4n) is 3.93. The van der Waals surface area contributed by atoms with Crippen molar-refractivity contribution in [1.29, 1.82) is 0 Å². The molecule has 3 nitrogen and oxygen atoms in total. The highest BCUT2D eigenvalue weighted by Gasteiger charge is 2.35. The molecule has 0 bridgehead atoms. The largest absolute Gasteiger partial charge is 0.453 e. The summed E-state index contributed by atoms with van der Waals surface area (Å²) >= 11 is 6.10. The minimum atomic E-state index is -0.984. The van der Waals surface area contributed by atoms with Gasteiger partial charge in [-0.2, -0.15) is 0 Å². The van der Waals surface area contributed by atoms with Crippen LogP contribution in [0.4, 0.5) is 0 Å². The van der Waals surface area contributed by atoms with E-state index in [4.69, 9.17) is 21.1 Å². The summed E-state index contributed by atoms with van der Waals surface area (Å²) in [4.78, 5) is 10.6. The van der Waals surface area contributed by atoms with Gasteiger partial charge in [0.25, 0.3) is 6.47 Å². The van der Waals surface area contributed by atoms with Gasteiger partial charge in [0.15, 0.2) is 0 Å². The van der Waals surface area contributed by atoms with E-state index in [1.54, 1.807) is 13.8 Å². The molecule has 2 aromatic carbocycles. The molecule has 1 aliphatic carbocycles. The zero-order valence-electron chi connectivity index (χ0n) is 15.3. The van der Waals surface area contributed by atoms with Gasteiger partial charge in [-0.25, -0.2) is 0 Å². The molecule has 4 heteroatoms. The van der Waals surface area contributed by atoms with Crippen molar-refractivity contribution in [2.24, 2.45) is 0 Å². The molecule has 0 aromatic heterocycles. The van der Waals surface area contributed by atoms with E-state index < -0.39 is 5.79 Å². The van der Waals surface area contributed by atoms with Gasteiger partial charge in [-0.3, -0.25) is 4.79 Å². The maximum Gasteiger partial charge on any atom is 0.296 e. The Morgan fingerprint density at radius 2 is 1.46 bits per heavy atom. The highest BCUT2D eigenvalue weighted by Crippen LogP contribution is 2.45. The minimum Gasteiger partial charge on any atom is -0.453 e. The Hall–Kier alpha value is -2.00. The third-order valence-electron chi connectivity index (χ3n) is 5.21. The lowest BCUT2D eigenvalue weighted by molar-refractivity contribution is -0.170. The van der Waals surface area contributed by atoms with Crippen LogP contribution in [0.3, 0.4) is 0 Å². The van der Waals surface area contributed by atoms with E-state index in [0.717, 1.165) is 17.9 Å². The summed E-state index contributed by atoms with van der Waals surface area (Å²) < 4.78 is 10.7. The van der Waals surface area contributed by atoms with Gasteiger partial charge in [0, 0.05) is 24.3 Å². The first-order valence-corrected chi connectivity index (χ1v) is 9.50. The summed E-state index contributed by atoms with van der Waals surface area (Å²) in [6.45, 7) is 3.84. The van der Waals surface area contributed by atoms with Crippen LogP contribution >= 0.6 is 11.6 Å². The molecular weight excluding hydrogens is 348 g/mol. The Balaban J connectivity index is 1.90. The number of ether oxygens (including phenoxy) is 2. The van der Waals surface area contributed by atoms with Crippen LogP contribution in [0.15, 0.2) is 48.5 Å². The van der Waals surface area contributed by atoms with Crippen LogP contribution in [0.5, 0.6) is 5.75 Å². The van der Waals surface area contributed by atoms with Gasteiger partial charge >= 0.3 is 0 Å². The highest BCUT2D eigenvalue weighted by atomic mass is 35.5. The van der Waals surface area contributed by atoms with Crippen LogP contribution in [0.2, 0.25) is 5.02 Å². The Kier molecular flexibility index (Phi) is 5.57. The first-order chi connectivity index (χ1) is 12.5. The molecule has 0 saturated heterocycles. The van der Waals surface area contributed by atoms with Crippen LogP contribution in [0.25, 0.3) is 0 Å². The molecule has 0 N–H and O–H groups in total. The number of hydrogen-bond acceptors (Lipinski definition) is 3. The number of benzene rings is 2. The highest BCUT2D eigenvalue weighted by molar-refractivity contribution is 6.30. The van der Waals surface area contributed by atoms with Crippen molar-refractivity contribution in [1.82, 2.24) is 0 Å². The van der Waals surface area contributed by atoms with E-state index in [-0.39, 0.29) is 5.41 Å². The zero-order chi connectivity index (χ0) is 18.6. The van der Waals surface area contributed by atoms with Crippen molar-refractivity contribution in [3.8, 4) is 5.75 Å². The molecule has 0 heterocycles. The van der Waals surface area contributed by atoms with Gasteiger partial charge in [-0.15, -0.1) is 0 Å². The predicted octanol–water partition coefficient (Wildman–Crippen LogP) is 5.88. The van der Waals surface area contributed by atoms with Gasteiger partial charge in [-0.1, -0.05) is 55.1 Å². The zero-order valence-corrected chi connectivity index (χ0v) is 16.1. The maximum absolute atomic E-state index is 10.6. The molecule has 138 valence electrons. The molecule has 2 aromatic rings. The monoisotopic (exact) mass is 372 g/mol. The summed E-state index contributed by atoms with van der Waals surface area (Å²) in [5.74, 6) is -0.301. The predicted molar refractivity (Wildman–Crippen MR) is 104 cm³/mol. The first kappa shape index (κ1) is 18.8. The first-order valence-electron chi connectivity index (χ1n) is 9.12. The van der Waals surface area contributed by atoms with E-state index in [0.29, 0.717) is 12.2 Å². The number of rotatable bonds is 6. The molecule has 1 aliphatic rings. The molecule has 1 saturated carbocycles. The second-order valence-corrected chi connectivity index (χ2v) is 7.83. The standard InChI is InChI=1S/C22H25ClO3/c1-21(2,25-16-24)26-20-12-8-18(9-13-20)22(14-4-3-5-15-22)17-6-10-19(23)11-7-17/h6-13,16H,3-5,14-15H2,1-2H3. The van der Waals surface area contributed by atoms with E-state index in [2.05, 4.69) is 24.3 Å². The van der Waals surface area contributed by atoms with Gasteiger partial charge in [0.2, 0.25) is 5.79 Å². The Labute approximate surface area is 160 Å². The molecule has 0 amide bonds. The molecular formula is C22H25ClO3. The van der Waals surface area contributed by atoms with Crippen molar-refractivity contribution >= 4 is 18.1 Å². The van der Waals surface area contributed by atoms with Crippen molar-refractivity contribution in [2.75, 3.05) is 0 Å². The smallest absolute Gasteiger partial charge is 0.296 e. The molecule has 0 unspecified atom stereocenters. The van der Waals surface area contributed by atoms with Crippen LogP contribution in [0.1, 0.15) is 57.1 Å². The normalized spacial score (nSPS) is 16.7. The number of halogens is 1. The van der Waals surface area contributed by atoms with E-state index in [1.807, 2.05) is 24.3 Å². The van der Waals surface area contributed by atoms with Crippen molar-refractivity contribution in [3.63, 3.8) is 0 Å². The lowest BCUT2D eigenvalue weighted by atomic mass is 9.65. The maximum atomic E-state index is 10.6. The Morgan fingerprint density at radius 3 is 2.00 bits per heavy atom. The molecule has 3 rings (SSSR count). The van der Waals surface area contributed by atoms with E-state index in [9.17, 15) is 4.79 Å². The second kappa shape index (κ2) is 7.71. The van der Waals surface area contributed by atoms with Gasteiger partial charge in [-0.05, 0) is 48.2 Å². The lowest BCUT2D eigenvalue weighted by Crippen LogP contribution is -2.32. The summed E-state index contributed by atoms with van der Waals surface area (Å²) in [6.07, 6.45) is 6.00. The fraction of sp³-hybridized carbons (Fsp3) is 0.409. The van der Waals surface area contributed by atoms with E-state index >= 15 is 0 Å². The van der Waals surface area contributed by atoms with Gasteiger partial charge in [0.05, 0.1) is 0 Å². The summed E-state index contributed by atoms with van der Waals surface area (Å²) in [7, 11) is 0. The molecule has 0 spiro atoms. The number of hydrogen-bond donors (Lipinski definition) is 0. The van der Waals surface area contributed by atoms with Crippen LogP contribution in [-0.4, -0.2) is 12.3 Å². The van der Waals surface area contributed by atoms with Crippen LogP contribution in [-0.2, 0) is 14.9 Å². The molecule has 0 aliphatic heterocycles. The Morgan fingerprint density at radius 1 is 0.923 bits per heavy atom. The fourth-order valence-corrected chi connectivity index (χ4v) is 4.06. The van der Waals surface area contributed by atoms with Crippen molar-refractivity contribution in [2.45, 2.75) is 57.2 Å². The van der Waals surface area contributed by atoms with Crippen molar-refractivity contribution in [3.05, 3.63) is 64.7 Å². The van der Waals surface area contributed by atoms with Gasteiger partial charge in [0.1, 0.15) is 5.75 Å². The molecule has 1 fully saturated rings.